The Bertz CT molecular complexity index is 2380. The summed E-state index contributed by atoms with van der Waals surface area (Å²) in [5.41, 5.74) is 4.08. The number of ether oxygens (including phenoxy) is 2. The topological polar surface area (TPSA) is 87.3 Å². The number of carbonyl (C=O) groups excluding carboxylic acids is 1. The lowest BCUT2D eigenvalue weighted by Crippen LogP contribution is -2.42. The summed E-state index contributed by atoms with van der Waals surface area (Å²) in [5, 5.41) is 6.46. The van der Waals surface area contributed by atoms with Crippen LogP contribution in [0.25, 0.3) is 54.9 Å². The molecule has 262 valence electrons. The number of hydrogen-bond donors (Lipinski definition) is 0. The van der Waals surface area contributed by atoms with E-state index >= 15 is 8.78 Å². The summed E-state index contributed by atoms with van der Waals surface area (Å²) in [6.45, 7) is 10.7. The Balaban J connectivity index is 1.42. The number of thiophene rings is 1. The molecule has 4 aromatic heterocycles. The average molecular weight is 713 g/mol. The number of hydrogen-bond acceptors (Lipinski definition) is 7. The zero-order valence-corrected chi connectivity index (χ0v) is 29.4. The Morgan fingerprint density at radius 2 is 1.82 bits per heavy atom. The molecule has 2 atom stereocenters. The fraction of sp³-hybridized carbons (Fsp3) is 0.316. The molecule has 6 aromatic rings. The van der Waals surface area contributed by atoms with Crippen LogP contribution >= 0.6 is 11.3 Å². The van der Waals surface area contributed by atoms with Gasteiger partial charge in [-0.25, -0.2) is 23.1 Å². The Hall–Kier alpha value is -5.01. The van der Waals surface area contributed by atoms with Crippen molar-refractivity contribution in [2.45, 2.75) is 51.8 Å². The van der Waals surface area contributed by atoms with Crippen molar-refractivity contribution in [2.24, 2.45) is 7.05 Å². The first-order valence-corrected chi connectivity index (χ1v) is 17.7. The summed E-state index contributed by atoms with van der Waals surface area (Å²) in [4.78, 5) is 24.4. The maximum atomic E-state index is 16.4. The quantitative estimate of drug-likeness (QED) is 0.162. The highest BCUT2D eigenvalue weighted by atomic mass is 32.1. The van der Waals surface area contributed by atoms with Gasteiger partial charge >= 0.3 is 0 Å². The number of fused-ring (bicyclic) bond motifs is 3. The number of rotatable bonds is 6. The van der Waals surface area contributed by atoms with Crippen molar-refractivity contribution in [1.29, 1.82) is 0 Å². The number of aryl methyl sites for hydroxylation is 2. The molecule has 1 amide bonds. The van der Waals surface area contributed by atoms with E-state index in [1.165, 1.54) is 11.5 Å². The molecule has 2 aliphatic rings. The fourth-order valence-corrected chi connectivity index (χ4v) is 8.23. The highest BCUT2D eigenvalue weighted by molar-refractivity contribution is 7.17. The van der Waals surface area contributed by atoms with Crippen LogP contribution < -0.4 is 4.74 Å². The smallest absolute Gasteiger partial charge is 0.246 e. The molecule has 9 nitrogen and oxygen atoms in total. The minimum Gasteiger partial charge on any atom is -0.489 e. The molecule has 0 radical (unpaired) electrons. The molecule has 0 bridgehead atoms. The van der Waals surface area contributed by atoms with Crippen molar-refractivity contribution in [3.05, 3.63) is 83.4 Å². The number of halogens is 3. The Morgan fingerprint density at radius 1 is 1.04 bits per heavy atom. The van der Waals surface area contributed by atoms with Gasteiger partial charge in [0, 0.05) is 60.5 Å². The van der Waals surface area contributed by atoms with Gasteiger partial charge in [0.05, 0.1) is 58.0 Å². The molecule has 1 saturated heterocycles. The van der Waals surface area contributed by atoms with Gasteiger partial charge < -0.3 is 18.9 Å². The molecular formula is C38H35F3N6O3S. The van der Waals surface area contributed by atoms with Gasteiger partial charge in [-0.2, -0.15) is 5.10 Å². The van der Waals surface area contributed by atoms with Gasteiger partial charge in [-0.05, 0) is 45.0 Å². The van der Waals surface area contributed by atoms with Crippen LogP contribution in [-0.4, -0.2) is 61.0 Å². The number of imidazole rings is 1. The number of amides is 1. The maximum absolute atomic E-state index is 16.4. The van der Waals surface area contributed by atoms with Crippen LogP contribution in [0.5, 0.6) is 5.75 Å². The third kappa shape index (κ3) is 5.50. The Morgan fingerprint density at radius 3 is 2.59 bits per heavy atom. The lowest BCUT2D eigenvalue weighted by atomic mass is 9.94. The van der Waals surface area contributed by atoms with Gasteiger partial charge in [0.15, 0.2) is 0 Å². The zero-order valence-electron chi connectivity index (χ0n) is 28.5. The molecular weight excluding hydrogens is 678 g/mol. The molecule has 1 fully saturated rings. The van der Waals surface area contributed by atoms with E-state index in [-0.39, 0.29) is 52.1 Å². The molecule has 2 aliphatic heterocycles. The Labute approximate surface area is 295 Å². The van der Waals surface area contributed by atoms with Crippen LogP contribution in [0.2, 0.25) is 0 Å². The maximum Gasteiger partial charge on any atom is 0.246 e. The van der Waals surface area contributed by atoms with E-state index in [0.29, 0.717) is 54.3 Å². The standard InChI is InChI=1S/C38H35F3N6O3S/c1-6-32(48)46-17-19(2)47-30(20(46)3)16-28(44-47)37-35(33-25(40)14-23(39)15-31(33)50-24-9-11-49-12-10-24)34-26(41)18-51-38(34)36(43-37)22-7-8-29-27(13-22)42-21(4)45(29)5/h6-8,13-16,18-20,24H,1,9-12,17H2,2-5H3/t19-,20+/m0/s1. The number of nitrogens with zero attached hydrogens (tertiary/aromatic N) is 6. The van der Waals surface area contributed by atoms with E-state index in [1.807, 2.05) is 55.3 Å². The minimum absolute atomic E-state index is 0.0547. The summed E-state index contributed by atoms with van der Waals surface area (Å²) < 4.78 is 63.8. The fourth-order valence-electron chi connectivity index (χ4n) is 7.30. The van der Waals surface area contributed by atoms with E-state index in [4.69, 9.17) is 24.5 Å². The van der Waals surface area contributed by atoms with Crippen molar-refractivity contribution in [2.75, 3.05) is 19.8 Å². The molecule has 0 aliphatic carbocycles. The van der Waals surface area contributed by atoms with Crippen LogP contribution in [0.1, 0.15) is 50.3 Å². The van der Waals surface area contributed by atoms with E-state index in [9.17, 15) is 9.18 Å². The lowest BCUT2D eigenvalue weighted by molar-refractivity contribution is -0.129. The van der Waals surface area contributed by atoms with Crippen molar-refractivity contribution < 1.29 is 27.4 Å². The van der Waals surface area contributed by atoms with Gasteiger partial charge in [0.2, 0.25) is 5.91 Å². The third-order valence-corrected chi connectivity index (χ3v) is 11.0. The number of benzene rings is 2. The normalized spacial score (nSPS) is 18.1. The number of carbonyl (C=O) groups is 1. The predicted octanol–water partition coefficient (Wildman–Crippen LogP) is 8.31. The van der Waals surface area contributed by atoms with E-state index in [0.717, 1.165) is 46.0 Å². The molecule has 13 heteroatoms. The van der Waals surface area contributed by atoms with E-state index < -0.39 is 17.5 Å². The SMILES string of the molecule is C=CC(=O)N1C[C@H](C)n2nc(-c3nc(-c4ccc5c(c4)nc(C)n5C)c4scc(F)c4c3-c3c(F)cc(F)cc3OC3CCOCC3)cc2[C@H]1C. The summed E-state index contributed by atoms with van der Waals surface area (Å²) in [6, 6.07) is 8.89. The first-order chi connectivity index (χ1) is 24.5. The first kappa shape index (κ1) is 33.2. The molecule has 2 aromatic carbocycles. The summed E-state index contributed by atoms with van der Waals surface area (Å²) in [7, 11) is 1.94. The molecule has 0 N–H and O–H groups in total. The highest BCUT2D eigenvalue weighted by Gasteiger charge is 2.35. The van der Waals surface area contributed by atoms with Gasteiger partial charge in [-0.15, -0.1) is 11.3 Å². The predicted molar refractivity (Wildman–Crippen MR) is 190 cm³/mol. The first-order valence-electron chi connectivity index (χ1n) is 16.8. The van der Waals surface area contributed by atoms with Crippen LogP contribution in [0.4, 0.5) is 13.2 Å². The Kier molecular flexibility index (Phi) is 8.22. The van der Waals surface area contributed by atoms with Crippen LogP contribution in [0.15, 0.2) is 54.4 Å². The van der Waals surface area contributed by atoms with Crippen molar-refractivity contribution in [3.8, 4) is 39.5 Å². The second-order valence-corrected chi connectivity index (χ2v) is 14.1. The van der Waals surface area contributed by atoms with Gasteiger partial charge in [-0.1, -0.05) is 12.6 Å². The minimum atomic E-state index is -0.918. The monoisotopic (exact) mass is 712 g/mol. The van der Waals surface area contributed by atoms with Crippen LogP contribution in [0.3, 0.4) is 0 Å². The van der Waals surface area contributed by atoms with E-state index in [1.54, 1.807) is 11.0 Å². The second kappa shape index (κ2) is 12.6. The highest BCUT2D eigenvalue weighted by Crippen LogP contribution is 2.49. The third-order valence-electron chi connectivity index (χ3n) is 10.0. The summed E-state index contributed by atoms with van der Waals surface area (Å²) >= 11 is 1.15. The average Bonchev–Trinajstić information content (AvgIpc) is 3.81. The van der Waals surface area contributed by atoms with Crippen molar-refractivity contribution >= 4 is 38.4 Å². The van der Waals surface area contributed by atoms with Gasteiger partial charge in [-0.3, -0.25) is 9.48 Å². The zero-order chi connectivity index (χ0) is 35.7. The molecule has 6 heterocycles. The molecule has 0 unspecified atom stereocenters. The largest absolute Gasteiger partial charge is 0.489 e. The molecule has 0 spiro atoms. The van der Waals surface area contributed by atoms with Gasteiger partial charge in [0.25, 0.3) is 0 Å². The number of pyridine rings is 1. The second-order valence-electron chi connectivity index (χ2n) is 13.2. The lowest BCUT2D eigenvalue weighted by Gasteiger charge is -2.36. The van der Waals surface area contributed by atoms with Gasteiger partial charge in [0.1, 0.15) is 46.5 Å². The molecule has 0 saturated carbocycles. The van der Waals surface area contributed by atoms with Crippen LogP contribution in [0, 0.1) is 24.4 Å². The van der Waals surface area contributed by atoms with Crippen LogP contribution in [-0.2, 0) is 16.6 Å². The summed E-state index contributed by atoms with van der Waals surface area (Å²) in [6.07, 6.45) is 1.98. The summed E-state index contributed by atoms with van der Waals surface area (Å²) in [5.74, 6) is -1.76. The van der Waals surface area contributed by atoms with E-state index in [2.05, 4.69) is 6.58 Å². The van der Waals surface area contributed by atoms with Crippen molar-refractivity contribution in [3.63, 3.8) is 0 Å². The van der Waals surface area contributed by atoms with Crippen molar-refractivity contribution in [1.82, 2.24) is 29.2 Å². The molecule has 51 heavy (non-hydrogen) atoms. The molecule has 8 rings (SSSR count). The number of aromatic nitrogens is 5.